The van der Waals surface area contributed by atoms with Gasteiger partial charge < -0.3 is 15.4 Å². The van der Waals surface area contributed by atoms with Crippen LogP contribution >= 0.6 is 11.6 Å². The fourth-order valence-electron chi connectivity index (χ4n) is 2.51. The number of methoxy groups -OCH3 is 1. The molecule has 0 unspecified atom stereocenters. The number of halogens is 1. The molecular weight excluding hydrogens is 344 g/mol. The average Bonchev–Trinajstić information content (AvgIpc) is 3.03. The van der Waals surface area contributed by atoms with Crippen molar-refractivity contribution in [3.05, 3.63) is 35.4 Å². The second kappa shape index (κ2) is 6.94. The standard InChI is InChI=1S/C16H17ClN6O2/c1-4-23-12-9(7-20-23)5-6-11(13(12)25-3)21-14-10(15(24)18-2)8-19-16(17)22-14/h5-8H,4H2,1-3H3,(H,18,24)(H,19,21,22)/i2D3. The number of nitrogens with zero attached hydrogens (tertiary/aromatic N) is 4. The number of fused-ring (bicyclic) bond motifs is 1. The van der Waals surface area contributed by atoms with Gasteiger partial charge in [0.05, 0.1) is 19.0 Å². The van der Waals surface area contributed by atoms with Gasteiger partial charge in [-0.15, -0.1) is 0 Å². The Balaban J connectivity index is 2.06. The van der Waals surface area contributed by atoms with E-state index in [0.29, 0.717) is 18.0 Å². The molecule has 1 aromatic carbocycles. The van der Waals surface area contributed by atoms with Crippen LogP contribution in [0, 0.1) is 0 Å². The Morgan fingerprint density at radius 1 is 1.44 bits per heavy atom. The molecule has 0 saturated carbocycles. The van der Waals surface area contributed by atoms with Crippen LogP contribution in [0.4, 0.5) is 11.5 Å². The van der Waals surface area contributed by atoms with Crippen molar-refractivity contribution in [2.45, 2.75) is 13.5 Å². The highest BCUT2D eigenvalue weighted by atomic mass is 35.5. The van der Waals surface area contributed by atoms with Crippen molar-refractivity contribution in [3.8, 4) is 5.75 Å². The lowest BCUT2D eigenvalue weighted by Gasteiger charge is -2.14. The Morgan fingerprint density at radius 2 is 2.28 bits per heavy atom. The van der Waals surface area contributed by atoms with Gasteiger partial charge in [-0.1, -0.05) is 0 Å². The summed E-state index contributed by atoms with van der Waals surface area (Å²) in [7, 11) is 1.52. The van der Waals surface area contributed by atoms with Crippen LogP contribution in [0.1, 0.15) is 21.4 Å². The van der Waals surface area contributed by atoms with E-state index in [-0.39, 0.29) is 16.7 Å². The van der Waals surface area contributed by atoms with Gasteiger partial charge in [0.1, 0.15) is 16.9 Å². The van der Waals surface area contributed by atoms with E-state index in [2.05, 4.69) is 20.4 Å². The molecule has 0 aliphatic rings. The largest absolute Gasteiger partial charge is 0.492 e. The lowest BCUT2D eigenvalue weighted by Crippen LogP contribution is -2.20. The molecule has 0 radical (unpaired) electrons. The number of rotatable bonds is 5. The second-order valence-electron chi connectivity index (χ2n) is 5.02. The molecule has 0 bridgehead atoms. The van der Waals surface area contributed by atoms with Gasteiger partial charge in [0.25, 0.3) is 5.91 Å². The van der Waals surface area contributed by atoms with Gasteiger partial charge >= 0.3 is 0 Å². The first kappa shape index (κ1) is 13.4. The number of aromatic nitrogens is 4. The fraction of sp³-hybridized carbons (Fsp3) is 0.250. The van der Waals surface area contributed by atoms with Crippen LogP contribution in [0.5, 0.6) is 5.75 Å². The summed E-state index contributed by atoms with van der Waals surface area (Å²) in [6, 6.07) is 3.58. The van der Waals surface area contributed by atoms with E-state index < -0.39 is 12.9 Å². The van der Waals surface area contributed by atoms with Gasteiger partial charge in [0.2, 0.25) is 5.28 Å². The third-order valence-corrected chi connectivity index (χ3v) is 3.81. The minimum atomic E-state index is -2.65. The summed E-state index contributed by atoms with van der Waals surface area (Å²) in [6.07, 6.45) is 2.88. The van der Waals surface area contributed by atoms with Crippen LogP contribution in [-0.4, -0.2) is 39.7 Å². The first-order valence-corrected chi connectivity index (χ1v) is 7.76. The minimum absolute atomic E-state index is 0.0435. The van der Waals surface area contributed by atoms with Crippen molar-refractivity contribution in [3.63, 3.8) is 0 Å². The van der Waals surface area contributed by atoms with E-state index in [9.17, 15) is 4.79 Å². The fourth-order valence-corrected chi connectivity index (χ4v) is 2.64. The molecule has 0 fully saturated rings. The van der Waals surface area contributed by atoms with Gasteiger partial charge in [0, 0.05) is 29.2 Å². The van der Waals surface area contributed by atoms with Crippen LogP contribution in [-0.2, 0) is 6.54 Å². The monoisotopic (exact) mass is 363 g/mol. The van der Waals surface area contributed by atoms with Gasteiger partial charge in [-0.25, -0.2) is 4.98 Å². The summed E-state index contributed by atoms with van der Waals surface area (Å²) >= 11 is 5.87. The predicted molar refractivity (Wildman–Crippen MR) is 95.7 cm³/mol. The Bertz CT molecular complexity index is 1040. The Morgan fingerprint density at radius 3 is 3.00 bits per heavy atom. The molecule has 3 aromatic rings. The van der Waals surface area contributed by atoms with E-state index in [0.717, 1.165) is 17.1 Å². The third kappa shape index (κ3) is 3.08. The molecular formula is C16H17ClN6O2. The van der Waals surface area contributed by atoms with E-state index in [1.807, 2.05) is 18.3 Å². The average molecular weight is 364 g/mol. The highest BCUT2D eigenvalue weighted by Gasteiger charge is 2.18. The molecule has 0 spiro atoms. The molecule has 0 atom stereocenters. The number of carbonyl (C=O) groups excluding carboxylic acids is 1. The van der Waals surface area contributed by atoms with Crippen LogP contribution in [0.3, 0.4) is 0 Å². The Hall–Kier alpha value is -2.87. The van der Waals surface area contributed by atoms with E-state index in [1.165, 1.54) is 7.11 Å². The van der Waals surface area contributed by atoms with Crippen LogP contribution in [0.2, 0.25) is 5.28 Å². The zero-order chi connectivity index (χ0) is 20.5. The summed E-state index contributed by atoms with van der Waals surface area (Å²) in [5.74, 6) is -0.325. The lowest BCUT2D eigenvalue weighted by molar-refractivity contribution is 0.0963. The van der Waals surface area contributed by atoms with Crippen molar-refractivity contribution in [2.75, 3.05) is 19.4 Å². The molecule has 9 heteroatoms. The van der Waals surface area contributed by atoms with Crippen molar-refractivity contribution in [1.82, 2.24) is 25.1 Å². The van der Waals surface area contributed by atoms with E-state index >= 15 is 0 Å². The first-order chi connectivity index (χ1) is 13.2. The molecule has 2 N–H and O–H groups in total. The number of benzene rings is 1. The number of hydrogen-bond donors (Lipinski definition) is 2. The van der Waals surface area contributed by atoms with E-state index in [1.54, 1.807) is 16.9 Å². The third-order valence-electron chi connectivity index (χ3n) is 3.63. The molecule has 2 heterocycles. The van der Waals surface area contributed by atoms with Crippen LogP contribution < -0.4 is 15.4 Å². The number of nitrogens with one attached hydrogen (secondary N) is 2. The van der Waals surface area contributed by atoms with Gasteiger partial charge in [-0.05, 0) is 30.7 Å². The Labute approximate surface area is 153 Å². The number of carbonyl (C=O) groups is 1. The number of aryl methyl sites for hydroxylation is 1. The topological polar surface area (TPSA) is 94.0 Å². The molecule has 1 amide bonds. The van der Waals surface area contributed by atoms with Gasteiger partial charge in [-0.2, -0.15) is 10.1 Å². The Kier molecular flexibility index (Phi) is 3.73. The van der Waals surface area contributed by atoms with Crippen molar-refractivity contribution in [1.29, 1.82) is 0 Å². The van der Waals surface area contributed by atoms with Crippen LogP contribution in [0.25, 0.3) is 10.9 Å². The number of amides is 1. The zero-order valence-electron chi connectivity index (χ0n) is 16.5. The van der Waals surface area contributed by atoms with Gasteiger partial charge in [-0.3, -0.25) is 9.48 Å². The zero-order valence-corrected chi connectivity index (χ0v) is 14.3. The van der Waals surface area contributed by atoms with Crippen LogP contribution in [0.15, 0.2) is 24.5 Å². The SMILES string of the molecule is [2H]C([2H])([2H])NC(=O)c1cnc(Cl)nc1Nc1ccc2cnn(CC)c2c1OC. The quantitative estimate of drug-likeness (QED) is 0.677. The highest BCUT2D eigenvalue weighted by molar-refractivity contribution is 6.28. The van der Waals surface area contributed by atoms with E-state index in [4.69, 9.17) is 20.5 Å². The minimum Gasteiger partial charge on any atom is -0.492 e. The molecule has 25 heavy (non-hydrogen) atoms. The summed E-state index contributed by atoms with van der Waals surface area (Å²) in [4.78, 5) is 20.1. The summed E-state index contributed by atoms with van der Waals surface area (Å²) < 4.78 is 29.0. The number of anilines is 2. The second-order valence-corrected chi connectivity index (χ2v) is 5.36. The molecule has 130 valence electrons. The summed E-state index contributed by atoms with van der Waals surface area (Å²) in [6.45, 7) is -0.0689. The normalized spacial score (nSPS) is 13.0. The smallest absolute Gasteiger partial charge is 0.256 e. The van der Waals surface area contributed by atoms with Gasteiger partial charge in [0.15, 0.2) is 5.75 Å². The maximum absolute atomic E-state index is 12.3. The maximum Gasteiger partial charge on any atom is 0.256 e. The summed E-state index contributed by atoms with van der Waals surface area (Å²) in [5, 5.41) is 9.97. The maximum atomic E-state index is 12.3. The highest BCUT2D eigenvalue weighted by Crippen LogP contribution is 2.35. The molecule has 0 aliphatic carbocycles. The number of ether oxygens (including phenoxy) is 1. The van der Waals surface area contributed by atoms with Crippen molar-refractivity contribution in [2.24, 2.45) is 0 Å². The van der Waals surface area contributed by atoms with Crippen molar-refractivity contribution < 1.29 is 13.6 Å². The first-order valence-electron chi connectivity index (χ1n) is 8.88. The molecule has 0 saturated heterocycles. The van der Waals surface area contributed by atoms with Crippen molar-refractivity contribution >= 4 is 39.9 Å². The lowest BCUT2D eigenvalue weighted by atomic mass is 10.2. The molecule has 3 rings (SSSR count). The predicted octanol–water partition coefficient (Wildman–Crippen LogP) is 2.61. The molecule has 0 aliphatic heterocycles. The molecule has 2 aromatic heterocycles. The summed E-state index contributed by atoms with van der Waals surface area (Å²) in [5.41, 5.74) is 1.19. The molecule has 8 nitrogen and oxygen atoms in total. The number of hydrogen-bond acceptors (Lipinski definition) is 6.